The van der Waals surface area contributed by atoms with Gasteiger partial charge in [-0.25, -0.2) is 13.1 Å². The Balaban J connectivity index is 2.22. The number of rotatable bonds is 3. The molecule has 1 aliphatic rings. The highest BCUT2D eigenvalue weighted by Gasteiger charge is 2.27. The van der Waals surface area contributed by atoms with Crippen molar-refractivity contribution in [2.45, 2.75) is 49.6 Å². The molecule has 0 heterocycles. The molecular formula is C13H19ClN2O2S. The zero-order valence-corrected chi connectivity index (χ0v) is 12.5. The van der Waals surface area contributed by atoms with Crippen LogP contribution in [-0.4, -0.2) is 20.5 Å². The number of nitrogens with one attached hydrogen (secondary N) is 1. The maximum atomic E-state index is 12.4. The fourth-order valence-electron chi connectivity index (χ4n) is 2.48. The van der Waals surface area contributed by atoms with E-state index in [1.165, 1.54) is 6.07 Å². The Kier molecular flexibility index (Phi) is 4.50. The van der Waals surface area contributed by atoms with Crippen molar-refractivity contribution in [2.75, 3.05) is 0 Å². The second kappa shape index (κ2) is 5.79. The van der Waals surface area contributed by atoms with Gasteiger partial charge in [0.15, 0.2) is 0 Å². The first kappa shape index (κ1) is 14.8. The Labute approximate surface area is 119 Å². The van der Waals surface area contributed by atoms with E-state index in [1.807, 2.05) is 0 Å². The van der Waals surface area contributed by atoms with Crippen molar-refractivity contribution in [3.63, 3.8) is 0 Å². The van der Waals surface area contributed by atoms with Crippen LogP contribution in [0.1, 0.15) is 31.2 Å². The van der Waals surface area contributed by atoms with Gasteiger partial charge in [-0.2, -0.15) is 0 Å². The Morgan fingerprint density at radius 3 is 2.63 bits per heavy atom. The Morgan fingerprint density at radius 1 is 1.32 bits per heavy atom. The Bertz CT molecular complexity index is 560. The molecule has 2 atom stereocenters. The summed E-state index contributed by atoms with van der Waals surface area (Å²) in [5.74, 6) is 0. The summed E-state index contributed by atoms with van der Waals surface area (Å²) in [5, 5.41) is 0.533. The van der Waals surface area contributed by atoms with Gasteiger partial charge in [-0.3, -0.25) is 0 Å². The van der Waals surface area contributed by atoms with Gasteiger partial charge in [0.25, 0.3) is 0 Å². The van der Waals surface area contributed by atoms with Gasteiger partial charge in [0.1, 0.15) is 0 Å². The lowest BCUT2D eigenvalue weighted by atomic mass is 9.92. The van der Waals surface area contributed by atoms with Crippen molar-refractivity contribution in [2.24, 2.45) is 5.73 Å². The Morgan fingerprint density at radius 2 is 2.00 bits per heavy atom. The van der Waals surface area contributed by atoms with Crippen LogP contribution < -0.4 is 10.5 Å². The van der Waals surface area contributed by atoms with E-state index in [4.69, 9.17) is 17.3 Å². The summed E-state index contributed by atoms with van der Waals surface area (Å²) in [7, 11) is -3.53. The maximum absolute atomic E-state index is 12.4. The predicted molar refractivity (Wildman–Crippen MR) is 76.7 cm³/mol. The molecule has 1 aromatic carbocycles. The first-order valence-corrected chi connectivity index (χ1v) is 8.30. The van der Waals surface area contributed by atoms with Crippen molar-refractivity contribution >= 4 is 21.6 Å². The number of sulfonamides is 1. The molecule has 0 amide bonds. The van der Waals surface area contributed by atoms with E-state index in [9.17, 15) is 8.42 Å². The van der Waals surface area contributed by atoms with E-state index in [-0.39, 0.29) is 17.0 Å². The average Bonchev–Trinajstić information content (AvgIpc) is 2.31. The smallest absolute Gasteiger partial charge is 0.241 e. The van der Waals surface area contributed by atoms with Crippen LogP contribution >= 0.6 is 11.6 Å². The molecule has 0 aliphatic heterocycles. The van der Waals surface area contributed by atoms with Gasteiger partial charge in [0.05, 0.1) is 4.90 Å². The van der Waals surface area contributed by atoms with Crippen molar-refractivity contribution < 1.29 is 8.42 Å². The number of halogens is 1. The molecule has 1 saturated carbocycles. The number of aryl methyl sites for hydroxylation is 1. The van der Waals surface area contributed by atoms with Crippen LogP contribution in [-0.2, 0) is 10.0 Å². The molecule has 0 aromatic heterocycles. The highest BCUT2D eigenvalue weighted by Crippen LogP contribution is 2.22. The monoisotopic (exact) mass is 302 g/mol. The second-order valence-electron chi connectivity index (χ2n) is 5.09. The topological polar surface area (TPSA) is 72.2 Å². The maximum Gasteiger partial charge on any atom is 0.241 e. The van der Waals surface area contributed by atoms with Gasteiger partial charge in [-0.1, -0.05) is 24.4 Å². The standard InChI is InChI=1S/C13H19ClN2O2S/c1-9-8-10(14)6-7-13(9)19(17,18)16-12-5-3-2-4-11(12)15/h6-8,11-12,16H,2-5,15H2,1H3/t11-,12-/m1/s1. The second-order valence-corrected chi connectivity index (χ2v) is 7.20. The van der Waals surface area contributed by atoms with Crippen LogP contribution in [0.15, 0.2) is 23.1 Å². The van der Waals surface area contributed by atoms with Crippen LogP contribution in [0, 0.1) is 6.92 Å². The lowest BCUT2D eigenvalue weighted by Gasteiger charge is -2.29. The number of nitrogens with two attached hydrogens (primary N) is 1. The minimum absolute atomic E-state index is 0.101. The van der Waals surface area contributed by atoms with Gasteiger partial charge in [0, 0.05) is 17.1 Å². The molecule has 106 valence electrons. The number of hydrogen-bond acceptors (Lipinski definition) is 3. The zero-order valence-electron chi connectivity index (χ0n) is 10.9. The minimum Gasteiger partial charge on any atom is -0.326 e. The van der Waals surface area contributed by atoms with Crippen molar-refractivity contribution in [1.82, 2.24) is 4.72 Å². The molecule has 1 fully saturated rings. The van der Waals surface area contributed by atoms with Crippen molar-refractivity contribution in [3.05, 3.63) is 28.8 Å². The Hall–Kier alpha value is -0.620. The number of hydrogen-bond donors (Lipinski definition) is 2. The zero-order chi connectivity index (χ0) is 14.0. The predicted octanol–water partition coefficient (Wildman–Crippen LogP) is 2.20. The molecule has 1 aromatic rings. The van der Waals surface area contributed by atoms with Crippen LogP contribution in [0.5, 0.6) is 0 Å². The first-order chi connectivity index (χ1) is 8.90. The molecule has 4 nitrogen and oxygen atoms in total. The molecule has 0 saturated heterocycles. The largest absolute Gasteiger partial charge is 0.326 e. The first-order valence-electron chi connectivity index (χ1n) is 6.44. The molecule has 0 bridgehead atoms. The summed E-state index contributed by atoms with van der Waals surface area (Å²) in [6.45, 7) is 1.74. The van der Waals surface area contributed by atoms with Crippen molar-refractivity contribution in [3.8, 4) is 0 Å². The van der Waals surface area contributed by atoms with Gasteiger partial charge in [0.2, 0.25) is 10.0 Å². The summed E-state index contributed by atoms with van der Waals surface area (Å²) >= 11 is 5.85. The number of benzene rings is 1. The van der Waals surface area contributed by atoms with E-state index in [0.717, 1.165) is 25.7 Å². The van der Waals surface area contributed by atoms with E-state index in [0.29, 0.717) is 10.6 Å². The fourth-order valence-corrected chi connectivity index (χ4v) is 4.26. The third-order valence-corrected chi connectivity index (χ3v) is 5.44. The molecule has 19 heavy (non-hydrogen) atoms. The van der Waals surface area contributed by atoms with Gasteiger partial charge in [-0.15, -0.1) is 0 Å². The summed E-state index contributed by atoms with van der Waals surface area (Å²) in [6.07, 6.45) is 3.75. The normalized spacial score (nSPS) is 24.4. The van der Waals surface area contributed by atoms with E-state index < -0.39 is 10.0 Å². The summed E-state index contributed by atoms with van der Waals surface area (Å²) in [5.41, 5.74) is 6.62. The van der Waals surface area contributed by atoms with Crippen molar-refractivity contribution in [1.29, 1.82) is 0 Å². The third-order valence-electron chi connectivity index (χ3n) is 3.55. The van der Waals surface area contributed by atoms with Gasteiger partial charge in [-0.05, 0) is 43.5 Å². The highest BCUT2D eigenvalue weighted by molar-refractivity contribution is 7.89. The quantitative estimate of drug-likeness (QED) is 0.899. The fraction of sp³-hybridized carbons (Fsp3) is 0.538. The molecule has 3 N–H and O–H groups in total. The molecule has 0 unspecified atom stereocenters. The van der Waals surface area contributed by atoms with E-state index >= 15 is 0 Å². The lowest BCUT2D eigenvalue weighted by Crippen LogP contribution is -2.49. The summed E-state index contributed by atoms with van der Waals surface area (Å²) in [6, 6.07) is 4.50. The summed E-state index contributed by atoms with van der Waals surface area (Å²) < 4.78 is 27.5. The molecule has 1 aliphatic carbocycles. The molecule has 2 rings (SSSR count). The van der Waals surface area contributed by atoms with Gasteiger partial charge < -0.3 is 5.73 Å². The van der Waals surface area contributed by atoms with Crippen LogP contribution in [0.25, 0.3) is 0 Å². The average molecular weight is 303 g/mol. The SMILES string of the molecule is Cc1cc(Cl)ccc1S(=O)(=O)N[C@@H]1CCCC[C@H]1N. The lowest BCUT2D eigenvalue weighted by molar-refractivity contribution is 0.361. The van der Waals surface area contributed by atoms with Crippen LogP contribution in [0.2, 0.25) is 5.02 Å². The third kappa shape index (κ3) is 3.48. The molecule has 0 radical (unpaired) electrons. The van der Waals surface area contributed by atoms with E-state index in [2.05, 4.69) is 4.72 Å². The highest BCUT2D eigenvalue weighted by atomic mass is 35.5. The minimum atomic E-state index is -3.53. The molecule has 6 heteroatoms. The van der Waals surface area contributed by atoms with Crippen LogP contribution in [0.4, 0.5) is 0 Å². The summed E-state index contributed by atoms with van der Waals surface area (Å²) in [4.78, 5) is 0.273. The van der Waals surface area contributed by atoms with Crippen LogP contribution in [0.3, 0.4) is 0 Å². The van der Waals surface area contributed by atoms with E-state index in [1.54, 1.807) is 19.1 Å². The molecular weight excluding hydrogens is 284 g/mol. The van der Waals surface area contributed by atoms with Gasteiger partial charge >= 0.3 is 0 Å². The molecule has 0 spiro atoms.